The number of benzene rings is 2. The van der Waals surface area contributed by atoms with Crippen molar-refractivity contribution in [1.29, 1.82) is 0 Å². The second-order valence-electron chi connectivity index (χ2n) is 6.11. The molecule has 0 aliphatic heterocycles. The van der Waals surface area contributed by atoms with Gasteiger partial charge < -0.3 is 0 Å². The second-order valence-corrected chi connectivity index (χ2v) is 9.44. The molecule has 1 aromatic heterocycles. The summed E-state index contributed by atoms with van der Waals surface area (Å²) >= 11 is 7.49. The first kappa shape index (κ1) is 21.9. The molecule has 156 valence electrons. The van der Waals surface area contributed by atoms with Crippen molar-refractivity contribution >= 4 is 49.7 Å². The van der Waals surface area contributed by atoms with Gasteiger partial charge in [0.15, 0.2) is 0 Å². The summed E-state index contributed by atoms with van der Waals surface area (Å²) in [5.41, 5.74) is 0.511. The van der Waals surface area contributed by atoms with E-state index in [2.05, 4.69) is 22.1 Å². The van der Waals surface area contributed by atoms with E-state index in [1.54, 1.807) is 24.3 Å². The normalized spacial score (nSPS) is 11.1. The van der Waals surface area contributed by atoms with Crippen molar-refractivity contribution in [1.82, 2.24) is 10.2 Å². The van der Waals surface area contributed by atoms with E-state index >= 15 is 0 Å². The van der Waals surface area contributed by atoms with Crippen molar-refractivity contribution in [2.75, 3.05) is 16.2 Å². The molecular weight excluding hydrogens is 444 g/mol. The number of anilines is 2. The standard InChI is InChI=1S/C20H19ClN4O3S2/c1-3-12-25(17-11-6-5-10-16(17)21)30(27,28)15-9-7-8-14(13-15)19(26)22-20-24-23-18(4-2)29-20/h3,5-11,13H,1,4,12H2,2H3,(H,22,24,26). The molecule has 0 saturated carbocycles. The van der Waals surface area contributed by atoms with Gasteiger partial charge >= 0.3 is 0 Å². The number of halogens is 1. The van der Waals surface area contributed by atoms with Gasteiger partial charge in [0.05, 0.1) is 22.2 Å². The minimum absolute atomic E-state index is 0.0209. The number of aryl methyl sites for hydroxylation is 1. The van der Waals surface area contributed by atoms with Gasteiger partial charge in [-0.3, -0.25) is 14.4 Å². The number of carbonyl (C=O) groups is 1. The molecule has 2 aromatic carbocycles. The highest BCUT2D eigenvalue weighted by Gasteiger charge is 2.26. The number of nitrogens with one attached hydrogen (secondary N) is 1. The van der Waals surface area contributed by atoms with E-state index < -0.39 is 15.9 Å². The van der Waals surface area contributed by atoms with Crippen LogP contribution in [0.1, 0.15) is 22.3 Å². The predicted molar refractivity (Wildman–Crippen MR) is 120 cm³/mol. The van der Waals surface area contributed by atoms with Crippen LogP contribution in [0.4, 0.5) is 10.8 Å². The molecule has 0 unspecified atom stereocenters. The van der Waals surface area contributed by atoms with E-state index in [4.69, 9.17) is 11.6 Å². The Hall–Kier alpha value is -2.75. The fourth-order valence-corrected chi connectivity index (χ4v) is 5.10. The molecule has 0 fully saturated rings. The van der Waals surface area contributed by atoms with Crippen molar-refractivity contribution in [3.05, 3.63) is 76.8 Å². The van der Waals surface area contributed by atoms with Gasteiger partial charge in [-0.15, -0.1) is 16.8 Å². The molecule has 0 radical (unpaired) electrons. The highest BCUT2D eigenvalue weighted by Crippen LogP contribution is 2.30. The number of carbonyl (C=O) groups excluding carboxylic acids is 1. The second kappa shape index (κ2) is 9.38. The average Bonchev–Trinajstić information content (AvgIpc) is 3.20. The largest absolute Gasteiger partial charge is 0.296 e. The topological polar surface area (TPSA) is 92.3 Å². The molecule has 1 amide bonds. The monoisotopic (exact) mass is 462 g/mol. The Morgan fingerprint density at radius 1 is 1.23 bits per heavy atom. The summed E-state index contributed by atoms with van der Waals surface area (Å²) in [6.45, 7) is 5.60. The highest BCUT2D eigenvalue weighted by molar-refractivity contribution is 7.92. The molecule has 1 N–H and O–H groups in total. The van der Waals surface area contributed by atoms with E-state index in [0.29, 0.717) is 22.3 Å². The number of sulfonamides is 1. The number of para-hydroxylation sites is 1. The van der Waals surface area contributed by atoms with E-state index in [-0.39, 0.29) is 17.0 Å². The van der Waals surface area contributed by atoms with Crippen molar-refractivity contribution in [3.63, 3.8) is 0 Å². The molecule has 7 nitrogen and oxygen atoms in total. The van der Waals surface area contributed by atoms with Gasteiger partial charge in [-0.2, -0.15) is 0 Å². The first-order chi connectivity index (χ1) is 14.4. The molecule has 3 aromatic rings. The van der Waals surface area contributed by atoms with Crippen LogP contribution < -0.4 is 9.62 Å². The maximum atomic E-state index is 13.3. The summed E-state index contributed by atoms with van der Waals surface area (Å²) in [4.78, 5) is 12.6. The Bertz CT molecular complexity index is 1180. The van der Waals surface area contributed by atoms with Gasteiger partial charge in [-0.05, 0) is 36.8 Å². The highest BCUT2D eigenvalue weighted by atomic mass is 35.5. The number of nitrogens with zero attached hydrogens (tertiary/aromatic N) is 3. The molecule has 0 bridgehead atoms. The quantitative estimate of drug-likeness (QED) is 0.501. The van der Waals surface area contributed by atoms with Crippen LogP contribution in [0.2, 0.25) is 5.02 Å². The summed E-state index contributed by atoms with van der Waals surface area (Å²) in [5.74, 6) is -0.473. The lowest BCUT2D eigenvalue weighted by molar-refractivity contribution is 0.102. The van der Waals surface area contributed by atoms with Crippen LogP contribution in [-0.4, -0.2) is 31.1 Å². The van der Waals surface area contributed by atoms with Crippen molar-refractivity contribution in [3.8, 4) is 0 Å². The molecule has 0 spiro atoms. The molecule has 0 atom stereocenters. The van der Waals surface area contributed by atoms with Gasteiger partial charge in [-0.25, -0.2) is 8.42 Å². The number of amides is 1. The van der Waals surface area contributed by atoms with Gasteiger partial charge in [0, 0.05) is 5.56 Å². The van der Waals surface area contributed by atoms with E-state index in [1.165, 1.54) is 41.7 Å². The maximum absolute atomic E-state index is 13.3. The van der Waals surface area contributed by atoms with Gasteiger partial charge in [0.1, 0.15) is 5.01 Å². The molecule has 10 heteroatoms. The van der Waals surface area contributed by atoms with Gasteiger partial charge in [0.25, 0.3) is 15.9 Å². The summed E-state index contributed by atoms with van der Waals surface area (Å²) in [7, 11) is -4.00. The molecule has 30 heavy (non-hydrogen) atoms. The summed E-state index contributed by atoms with van der Waals surface area (Å²) in [6, 6.07) is 12.4. The number of hydrogen-bond acceptors (Lipinski definition) is 6. The van der Waals surface area contributed by atoms with Gasteiger partial charge in [0.2, 0.25) is 5.13 Å². The lowest BCUT2D eigenvalue weighted by atomic mass is 10.2. The fourth-order valence-electron chi connectivity index (χ4n) is 2.64. The van der Waals surface area contributed by atoms with E-state index in [0.717, 1.165) is 9.31 Å². The number of aromatic nitrogens is 2. The molecule has 0 aliphatic rings. The minimum Gasteiger partial charge on any atom is -0.296 e. The van der Waals surface area contributed by atoms with Gasteiger partial charge in [-0.1, -0.05) is 54.1 Å². The zero-order valence-corrected chi connectivity index (χ0v) is 18.5. The van der Waals surface area contributed by atoms with Crippen LogP contribution in [0.3, 0.4) is 0 Å². The number of hydrogen-bond donors (Lipinski definition) is 1. The van der Waals surface area contributed by atoms with Crippen LogP contribution in [0.15, 0.2) is 66.1 Å². The summed E-state index contributed by atoms with van der Waals surface area (Å²) in [6.07, 6.45) is 2.18. The zero-order chi connectivity index (χ0) is 21.7. The maximum Gasteiger partial charge on any atom is 0.264 e. The molecular formula is C20H19ClN4O3S2. The Kier molecular flexibility index (Phi) is 6.86. The smallest absolute Gasteiger partial charge is 0.264 e. The van der Waals surface area contributed by atoms with Crippen molar-refractivity contribution < 1.29 is 13.2 Å². The van der Waals surface area contributed by atoms with Crippen molar-refractivity contribution in [2.45, 2.75) is 18.2 Å². The number of rotatable bonds is 8. The third-order valence-corrected chi connectivity index (χ3v) is 7.17. The summed E-state index contributed by atoms with van der Waals surface area (Å²) in [5, 5.41) is 12.0. The average molecular weight is 463 g/mol. The summed E-state index contributed by atoms with van der Waals surface area (Å²) < 4.78 is 27.8. The Balaban J connectivity index is 1.93. The lowest BCUT2D eigenvalue weighted by Gasteiger charge is -2.24. The van der Waals surface area contributed by atoms with E-state index in [1.807, 2.05) is 6.92 Å². The zero-order valence-electron chi connectivity index (χ0n) is 16.1. The Labute approximate surface area is 184 Å². The SMILES string of the molecule is C=CCN(c1ccccc1Cl)S(=O)(=O)c1cccc(C(=O)Nc2nnc(CC)s2)c1. The first-order valence-corrected chi connectivity index (χ1v) is 11.6. The lowest BCUT2D eigenvalue weighted by Crippen LogP contribution is -2.31. The van der Waals surface area contributed by atoms with Crippen LogP contribution >= 0.6 is 22.9 Å². The van der Waals surface area contributed by atoms with Crippen LogP contribution in [0.5, 0.6) is 0 Å². The Morgan fingerprint density at radius 2 is 2.00 bits per heavy atom. The predicted octanol–water partition coefficient (Wildman–Crippen LogP) is 4.39. The van der Waals surface area contributed by atoms with E-state index in [9.17, 15) is 13.2 Å². The molecule has 1 heterocycles. The Morgan fingerprint density at radius 3 is 2.67 bits per heavy atom. The van der Waals surface area contributed by atoms with Crippen LogP contribution in [0, 0.1) is 0 Å². The molecule has 0 saturated heterocycles. The minimum atomic E-state index is -4.00. The molecule has 0 aliphatic carbocycles. The van der Waals surface area contributed by atoms with Crippen LogP contribution in [0.25, 0.3) is 0 Å². The third kappa shape index (κ3) is 4.69. The van der Waals surface area contributed by atoms with Crippen molar-refractivity contribution in [2.24, 2.45) is 0 Å². The molecule has 3 rings (SSSR count). The fraction of sp³-hybridized carbons (Fsp3) is 0.150. The first-order valence-electron chi connectivity index (χ1n) is 8.98. The third-order valence-electron chi connectivity index (χ3n) is 4.09. The van der Waals surface area contributed by atoms with Crippen LogP contribution in [-0.2, 0) is 16.4 Å².